The molecule has 0 aromatic heterocycles. The first-order valence-electron chi connectivity index (χ1n) is 5.99. The average Bonchev–Trinajstić information content (AvgIpc) is 2.48. The van der Waals surface area contributed by atoms with Gasteiger partial charge in [-0.3, -0.25) is 4.79 Å². The van der Waals surface area contributed by atoms with Crippen LogP contribution in [0.5, 0.6) is 5.75 Å². The van der Waals surface area contributed by atoms with Crippen molar-refractivity contribution in [2.75, 3.05) is 5.32 Å². The Morgan fingerprint density at radius 2 is 1.45 bits per heavy atom. The summed E-state index contributed by atoms with van der Waals surface area (Å²) >= 11 is 0. The summed E-state index contributed by atoms with van der Waals surface area (Å²) < 4.78 is 5.04. The van der Waals surface area contributed by atoms with E-state index < -0.39 is 11.9 Å². The maximum atomic E-state index is 11.8. The molecule has 4 heteroatoms. The van der Waals surface area contributed by atoms with Gasteiger partial charge in [-0.2, -0.15) is 0 Å². The van der Waals surface area contributed by atoms with E-state index >= 15 is 0 Å². The average molecular weight is 267 g/mol. The van der Waals surface area contributed by atoms with Crippen LogP contribution < -0.4 is 10.1 Å². The molecule has 1 N–H and O–H groups in total. The molecule has 20 heavy (non-hydrogen) atoms. The van der Waals surface area contributed by atoms with Gasteiger partial charge in [-0.25, -0.2) is 4.79 Å². The lowest BCUT2D eigenvalue weighted by Crippen LogP contribution is -2.23. The van der Waals surface area contributed by atoms with Crippen LogP contribution >= 0.6 is 0 Å². The van der Waals surface area contributed by atoms with Crippen molar-refractivity contribution >= 4 is 17.6 Å². The Balaban J connectivity index is 1.97. The molecule has 0 saturated heterocycles. The molecule has 0 fully saturated rings. The zero-order valence-corrected chi connectivity index (χ0v) is 10.7. The van der Waals surface area contributed by atoms with Gasteiger partial charge in [-0.15, -0.1) is 0 Å². The molecule has 0 bridgehead atoms. The lowest BCUT2D eigenvalue weighted by atomic mass is 10.2. The number of rotatable bonds is 4. The van der Waals surface area contributed by atoms with Crippen LogP contribution in [0.25, 0.3) is 0 Å². The zero-order valence-electron chi connectivity index (χ0n) is 10.7. The monoisotopic (exact) mass is 267 g/mol. The van der Waals surface area contributed by atoms with Crippen LogP contribution in [-0.2, 0) is 9.59 Å². The largest absolute Gasteiger partial charge is 0.423 e. The Kier molecular flexibility index (Phi) is 4.29. The number of carbonyl (C=O) groups is 2. The Morgan fingerprint density at radius 3 is 2.05 bits per heavy atom. The number of hydrogen-bond acceptors (Lipinski definition) is 3. The Hall–Kier alpha value is -2.88. The summed E-state index contributed by atoms with van der Waals surface area (Å²) in [7, 11) is 0. The second-order valence-electron chi connectivity index (χ2n) is 4.00. The van der Waals surface area contributed by atoms with Crippen molar-refractivity contribution in [1.82, 2.24) is 0 Å². The molecule has 0 radical (unpaired) electrons. The fourth-order valence-electron chi connectivity index (χ4n) is 1.48. The molecule has 2 rings (SSSR count). The predicted octanol–water partition coefficient (Wildman–Crippen LogP) is 2.79. The van der Waals surface area contributed by atoms with Crippen LogP contribution in [0.4, 0.5) is 5.69 Å². The molecule has 0 saturated carbocycles. The maximum absolute atomic E-state index is 11.8. The lowest BCUT2D eigenvalue weighted by Gasteiger charge is -2.07. The smallest absolute Gasteiger partial charge is 0.348 e. The number of carbonyl (C=O) groups excluding carboxylic acids is 2. The summed E-state index contributed by atoms with van der Waals surface area (Å²) in [6, 6.07) is 17.3. The van der Waals surface area contributed by atoms with Crippen molar-refractivity contribution in [2.24, 2.45) is 0 Å². The van der Waals surface area contributed by atoms with E-state index in [4.69, 9.17) is 4.74 Å². The highest BCUT2D eigenvalue weighted by Gasteiger charge is 2.18. The van der Waals surface area contributed by atoms with E-state index in [0.717, 1.165) is 0 Å². The number of para-hydroxylation sites is 2. The third-order valence-corrected chi connectivity index (χ3v) is 2.51. The van der Waals surface area contributed by atoms with Gasteiger partial charge in [0.1, 0.15) is 11.3 Å². The van der Waals surface area contributed by atoms with Crippen molar-refractivity contribution < 1.29 is 14.3 Å². The van der Waals surface area contributed by atoms with Crippen molar-refractivity contribution in [3.63, 3.8) is 0 Å². The van der Waals surface area contributed by atoms with Gasteiger partial charge in [-0.05, 0) is 24.3 Å². The first-order valence-corrected chi connectivity index (χ1v) is 5.99. The number of ether oxygens (including phenoxy) is 1. The van der Waals surface area contributed by atoms with Crippen molar-refractivity contribution in [1.29, 1.82) is 0 Å². The highest BCUT2D eigenvalue weighted by molar-refractivity contribution is 6.20. The topological polar surface area (TPSA) is 55.4 Å². The number of anilines is 1. The van der Waals surface area contributed by atoms with Crippen molar-refractivity contribution in [3.05, 3.63) is 72.8 Å². The van der Waals surface area contributed by atoms with Gasteiger partial charge >= 0.3 is 5.97 Å². The van der Waals surface area contributed by atoms with Gasteiger partial charge in [-0.1, -0.05) is 43.0 Å². The zero-order chi connectivity index (χ0) is 14.4. The second kappa shape index (κ2) is 6.33. The van der Waals surface area contributed by atoms with Gasteiger partial charge < -0.3 is 10.1 Å². The molecular weight excluding hydrogens is 254 g/mol. The van der Waals surface area contributed by atoms with E-state index in [1.54, 1.807) is 54.6 Å². The van der Waals surface area contributed by atoms with E-state index in [1.807, 2.05) is 6.07 Å². The van der Waals surface area contributed by atoms with Gasteiger partial charge in [0.25, 0.3) is 5.91 Å². The summed E-state index contributed by atoms with van der Waals surface area (Å²) in [6.45, 7) is 3.46. The normalized spacial score (nSPS) is 9.60. The van der Waals surface area contributed by atoms with Crippen LogP contribution in [0.3, 0.4) is 0 Å². The van der Waals surface area contributed by atoms with Crippen molar-refractivity contribution in [3.8, 4) is 5.75 Å². The Morgan fingerprint density at radius 1 is 0.900 bits per heavy atom. The van der Waals surface area contributed by atoms with Gasteiger partial charge in [0.2, 0.25) is 0 Å². The Bertz CT molecular complexity index is 565. The quantitative estimate of drug-likeness (QED) is 0.305. The third kappa shape index (κ3) is 3.55. The minimum Gasteiger partial charge on any atom is -0.423 e. The predicted molar refractivity (Wildman–Crippen MR) is 76.3 cm³/mol. The van der Waals surface area contributed by atoms with Gasteiger partial charge in [0.05, 0.1) is 0 Å². The second-order valence-corrected chi connectivity index (χ2v) is 4.00. The first-order chi connectivity index (χ1) is 9.66. The fraction of sp³-hybridized carbons (Fsp3) is 0. The van der Waals surface area contributed by atoms with E-state index in [1.165, 1.54) is 0 Å². The van der Waals surface area contributed by atoms with E-state index in [9.17, 15) is 9.59 Å². The molecule has 0 heterocycles. The highest BCUT2D eigenvalue weighted by atomic mass is 16.5. The minimum atomic E-state index is -0.773. The molecule has 2 aromatic carbocycles. The van der Waals surface area contributed by atoms with Crippen molar-refractivity contribution in [2.45, 2.75) is 0 Å². The molecular formula is C16H13NO3. The van der Waals surface area contributed by atoms with Crippen LogP contribution in [0.1, 0.15) is 0 Å². The number of benzene rings is 2. The molecule has 0 aliphatic carbocycles. The minimum absolute atomic E-state index is 0.252. The highest BCUT2D eigenvalue weighted by Crippen LogP contribution is 2.12. The molecule has 0 aliphatic heterocycles. The number of amides is 1. The van der Waals surface area contributed by atoms with Crippen LogP contribution in [0.2, 0.25) is 0 Å². The molecule has 0 atom stereocenters. The molecule has 100 valence electrons. The Labute approximate surface area is 116 Å². The lowest BCUT2D eigenvalue weighted by molar-refractivity contribution is -0.131. The summed E-state index contributed by atoms with van der Waals surface area (Å²) in [4.78, 5) is 23.6. The van der Waals surface area contributed by atoms with Gasteiger partial charge in [0.15, 0.2) is 0 Å². The molecule has 0 spiro atoms. The first kappa shape index (κ1) is 13.5. The van der Waals surface area contributed by atoms with Crippen LogP contribution in [0, 0.1) is 0 Å². The summed E-state index contributed by atoms with van der Waals surface area (Å²) in [5.74, 6) is -0.993. The van der Waals surface area contributed by atoms with E-state index in [0.29, 0.717) is 11.4 Å². The summed E-state index contributed by atoms with van der Waals surface area (Å²) in [5.41, 5.74) is 0.337. The molecule has 0 aliphatic rings. The summed E-state index contributed by atoms with van der Waals surface area (Å²) in [6.07, 6.45) is 0. The van der Waals surface area contributed by atoms with E-state index in [-0.39, 0.29) is 5.57 Å². The molecule has 0 unspecified atom stereocenters. The van der Waals surface area contributed by atoms with Crippen LogP contribution in [-0.4, -0.2) is 11.9 Å². The standard InChI is InChI=1S/C16H13NO3/c1-12(15(18)17-13-8-4-2-5-9-13)16(19)20-14-10-6-3-7-11-14/h2-11H,1H2,(H,17,18). The molecule has 1 amide bonds. The van der Waals surface area contributed by atoms with E-state index in [2.05, 4.69) is 11.9 Å². The number of nitrogens with one attached hydrogen (secondary N) is 1. The SMILES string of the molecule is C=C(C(=O)Nc1ccccc1)C(=O)Oc1ccccc1. The van der Waals surface area contributed by atoms with Crippen LogP contribution in [0.15, 0.2) is 72.8 Å². The molecule has 4 nitrogen and oxygen atoms in total. The fourth-order valence-corrected chi connectivity index (χ4v) is 1.48. The number of hydrogen-bond donors (Lipinski definition) is 1. The molecule has 2 aromatic rings. The van der Waals surface area contributed by atoms with Gasteiger partial charge in [0, 0.05) is 5.69 Å². The maximum Gasteiger partial charge on any atom is 0.348 e. The summed E-state index contributed by atoms with van der Waals surface area (Å²) in [5, 5.41) is 2.57. The third-order valence-electron chi connectivity index (χ3n) is 2.51. The number of esters is 1.